The highest BCUT2D eigenvalue weighted by atomic mass is 31.2. The lowest BCUT2D eigenvalue weighted by atomic mass is 10.1. The van der Waals surface area contributed by atoms with Crippen LogP contribution in [0, 0.1) is 0 Å². The van der Waals surface area contributed by atoms with E-state index < -0.39 is 57.8 Å². The van der Waals surface area contributed by atoms with Crippen molar-refractivity contribution >= 4 is 25.7 Å². The molecule has 0 spiro atoms. The van der Waals surface area contributed by atoms with Crippen LogP contribution in [0.4, 0.5) is 0 Å². The molecular weight excluding hydrogens is 856 g/mol. The highest BCUT2D eigenvalue weighted by Gasteiger charge is 2.28. The van der Waals surface area contributed by atoms with E-state index in [4.69, 9.17) is 23.3 Å². The van der Waals surface area contributed by atoms with Crippen LogP contribution in [0.2, 0.25) is 0 Å². The van der Waals surface area contributed by atoms with Crippen LogP contribution in [-0.2, 0) is 42.2 Å². The molecule has 390 valence electrons. The van der Waals surface area contributed by atoms with Crippen LogP contribution in [0.3, 0.4) is 0 Å². The Morgan fingerprint density at radius 1 is 0.409 bits per heavy atom. The van der Waals surface area contributed by atoms with Gasteiger partial charge < -0.3 is 24.2 Å². The largest absolute Gasteiger partial charge is 0.472 e. The second-order valence-electron chi connectivity index (χ2n) is 18.8. The number of carbonyl (C=O) groups excluding carboxylic acids is 3. The normalized spacial score (nSPS) is 13.5. The van der Waals surface area contributed by atoms with E-state index in [1.54, 1.807) is 0 Å². The third-order valence-electron chi connectivity index (χ3n) is 12.2. The number of carbonyl (C=O) groups is 3. The molecule has 0 amide bonds. The molecule has 0 aromatic rings. The first kappa shape index (κ1) is 64.2. The van der Waals surface area contributed by atoms with Gasteiger partial charge in [0.15, 0.2) is 6.10 Å². The number of aliphatic hydroxyl groups excluding tert-OH is 1. The minimum Gasteiger partial charge on any atom is -0.462 e. The average molecular weight is 959 g/mol. The molecule has 3 atom stereocenters. The van der Waals surface area contributed by atoms with Crippen molar-refractivity contribution in [3.63, 3.8) is 0 Å². The fourth-order valence-electron chi connectivity index (χ4n) is 7.94. The maximum absolute atomic E-state index is 12.8. The van der Waals surface area contributed by atoms with Gasteiger partial charge in [-0.05, 0) is 44.9 Å². The molecule has 0 aromatic carbocycles. The van der Waals surface area contributed by atoms with Crippen LogP contribution in [0.1, 0.15) is 278 Å². The molecule has 0 aliphatic rings. The fraction of sp³-hybridized carbons (Fsp3) is 0.907. The van der Waals surface area contributed by atoms with Crippen LogP contribution in [-0.4, -0.2) is 66.5 Å². The summed E-state index contributed by atoms with van der Waals surface area (Å²) < 4.78 is 39.3. The first-order chi connectivity index (χ1) is 32.2. The van der Waals surface area contributed by atoms with Crippen LogP contribution < -0.4 is 0 Å². The molecule has 3 unspecified atom stereocenters. The number of aliphatic hydroxyl groups is 1. The lowest BCUT2D eigenvalue weighted by Gasteiger charge is -2.21. The minimum absolute atomic E-state index is 0.175. The van der Waals surface area contributed by atoms with Crippen LogP contribution in [0.15, 0.2) is 12.2 Å². The number of phosphoric ester groups is 1. The van der Waals surface area contributed by atoms with E-state index in [0.717, 1.165) is 57.8 Å². The number of esters is 3. The fourth-order valence-corrected chi connectivity index (χ4v) is 8.72. The Morgan fingerprint density at radius 3 is 1.05 bits per heavy atom. The quantitative estimate of drug-likeness (QED) is 0.0197. The van der Waals surface area contributed by atoms with E-state index in [1.165, 1.54) is 161 Å². The lowest BCUT2D eigenvalue weighted by molar-refractivity contribution is -0.161. The number of phosphoric acid groups is 1. The van der Waals surface area contributed by atoms with Crippen molar-refractivity contribution < 1.29 is 52.2 Å². The summed E-state index contributed by atoms with van der Waals surface area (Å²) in [5, 5.41) is 9.74. The highest BCUT2D eigenvalue weighted by molar-refractivity contribution is 7.47. The Bertz CT molecular complexity index is 1160. The van der Waals surface area contributed by atoms with E-state index >= 15 is 0 Å². The summed E-state index contributed by atoms with van der Waals surface area (Å²) in [7, 11) is -4.73. The molecule has 0 bridgehead atoms. The molecular formula is C54H103O11P. The van der Waals surface area contributed by atoms with Crippen LogP contribution in [0.25, 0.3) is 0 Å². The first-order valence-electron chi connectivity index (χ1n) is 27.6. The zero-order chi connectivity index (χ0) is 48.4. The molecule has 0 heterocycles. The molecule has 0 aromatic heterocycles. The molecule has 0 rings (SSSR count). The monoisotopic (exact) mass is 959 g/mol. The number of rotatable bonds is 52. The van der Waals surface area contributed by atoms with Crippen molar-refractivity contribution in [2.75, 3.05) is 26.4 Å². The van der Waals surface area contributed by atoms with Gasteiger partial charge in [-0.3, -0.25) is 23.4 Å². The van der Waals surface area contributed by atoms with Crippen molar-refractivity contribution in [1.82, 2.24) is 0 Å². The van der Waals surface area contributed by atoms with Crippen molar-refractivity contribution in [3.8, 4) is 0 Å². The van der Waals surface area contributed by atoms with E-state index in [9.17, 15) is 28.9 Å². The van der Waals surface area contributed by atoms with Gasteiger partial charge >= 0.3 is 25.7 Å². The van der Waals surface area contributed by atoms with Crippen molar-refractivity contribution in [3.05, 3.63) is 12.2 Å². The second-order valence-corrected chi connectivity index (χ2v) is 20.2. The SMILES string of the molecule is CCCCCCCC/C=C\CCCCCCCCCCCC(=O)OCC(COP(=O)(O)OCC(CO)OC(=O)CCCCCCCCCCC)OC(=O)CCCCCCCCCCCCC. The summed E-state index contributed by atoms with van der Waals surface area (Å²) >= 11 is 0. The molecule has 11 nitrogen and oxygen atoms in total. The maximum atomic E-state index is 12.8. The van der Waals surface area contributed by atoms with Gasteiger partial charge in [-0.25, -0.2) is 4.57 Å². The third kappa shape index (κ3) is 47.3. The van der Waals surface area contributed by atoms with E-state index in [-0.39, 0.29) is 25.9 Å². The summed E-state index contributed by atoms with van der Waals surface area (Å²) in [6.07, 6.45) is 46.2. The molecule has 12 heteroatoms. The van der Waals surface area contributed by atoms with Gasteiger partial charge in [0, 0.05) is 19.3 Å². The number of ether oxygens (including phenoxy) is 3. The Morgan fingerprint density at radius 2 is 0.697 bits per heavy atom. The Labute approximate surface area is 405 Å². The molecule has 0 radical (unpaired) electrons. The van der Waals surface area contributed by atoms with Gasteiger partial charge in [0.1, 0.15) is 12.7 Å². The number of hydrogen-bond acceptors (Lipinski definition) is 10. The van der Waals surface area contributed by atoms with Gasteiger partial charge in [0.25, 0.3) is 0 Å². The Kier molecular flexibility index (Phi) is 48.3. The third-order valence-corrected chi connectivity index (χ3v) is 13.1. The van der Waals surface area contributed by atoms with Gasteiger partial charge in [0.2, 0.25) is 0 Å². The molecule has 0 saturated carbocycles. The number of unbranched alkanes of at least 4 members (excludes halogenated alkanes) is 33. The molecule has 0 fully saturated rings. The van der Waals surface area contributed by atoms with Crippen molar-refractivity contribution in [2.45, 2.75) is 290 Å². The summed E-state index contributed by atoms with van der Waals surface area (Å²) in [5.74, 6) is -1.45. The lowest BCUT2D eigenvalue weighted by Crippen LogP contribution is -2.30. The second kappa shape index (κ2) is 49.6. The summed E-state index contributed by atoms with van der Waals surface area (Å²) in [5.41, 5.74) is 0. The Hall–Kier alpha value is -1.78. The van der Waals surface area contributed by atoms with E-state index in [0.29, 0.717) is 19.3 Å². The van der Waals surface area contributed by atoms with Gasteiger partial charge in [-0.1, -0.05) is 226 Å². The average Bonchev–Trinajstić information content (AvgIpc) is 3.30. The molecule has 2 N–H and O–H groups in total. The predicted molar refractivity (Wildman–Crippen MR) is 270 cm³/mol. The zero-order valence-corrected chi connectivity index (χ0v) is 43.8. The summed E-state index contributed by atoms with van der Waals surface area (Å²) in [6, 6.07) is 0. The molecule has 66 heavy (non-hydrogen) atoms. The van der Waals surface area contributed by atoms with Crippen LogP contribution in [0.5, 0.6) is 0 Å². The predicted octanol–water partition coefficient (Wildman–Crippen LogP) is 15.7. The Balaban J connectivity index is 4.62. The van der Waals surface area contributed by atoms with Crippen molar-refractivity contribution in [1.29, 1.82) is 0 Å². The summed E-state index contributed by atoms with van der Waals surface area (Å²) in [6.45, 7) is 4.64. The molecule has 0 saturated heterocycles. The minimum atomic E-state index is -4.73. The first-order valence-corrected chi connectivity index (χ1v) is 29.1. The van der Waals surface area contributed by atoms with Gasteiger partial charge in [-0.2, -0.15) is 0 Å². The smallest absolute Gasteiger partial charge is 0.462 e. The molecule has 0 aliphatic carbocycles. The number of allylic oxidation sites excluding steroid dienone is 2. The topological polar surface area (TPSA) is 155 Å². The van der Waals surface area contributed by atoms with Gasteiger partial charge in [0.05, 0.1) is 19.8 Å². The molecule has 0 aliphatic heterocycles. The highest BCUT2D eigenvalue weighted by Crippen LogP contribution is 2.43. The summed E-state index contributed by atoms with van der Waals surface area (Å²) in [4.78, 5) is 48.3. The standard InChI is InChI=1S/C54H103O11P/c1-4-7-10-13-16-19-21-22-23-24-25-26-27-28-30-32-34-37-40-43-52(56)61-47-51(65-54(58)45-42-39-36-33-29-20-17-14-11-8-5-2)49-63-66(59,60)62-48-50(46-55)64-53(57)44-41-38-35-31-18-15-12-9-6-3/h22-23,50-51,55H,4-21,24-49H2,1-3H3,(H,59,60)/b23-22-. The van der Waals surface area contributed by atoms with Gasteiger partial charge in [-0.15, -0.1) is 0 Å². The van der Waals surface area contributed by atoms with E-state index in [1.807, 2.05) is 0 Å². The maximum Gasteiger partial charge on any atom is 0.472 e. The van der Waals surface area contributed by atoms with E-state index in [2.05, 4.69) is 32.9 Å². The zero-order valence-electron chi connectivity index (χ0n) is 42.9. The van der Waals surface area contributed by atoms with Crippen LogP contribution >= 0.6 is 7.82 Å². The number of hydrogen-bond donors (Lipinski definition) is 2. The van der Waals surface area contributed by atoms with Crippen molar-refractivity contribution in [2.24, 2.45) is 0 Å².